The first kappa shape index (κ1) is 42.3. The molecule has 0 radical (unpaired) electrons. The van der Waals surface area contributed by atoms with Gasteiger partial charge in [0.05, 0.1) is 11.6 Å². The van der Waals surface area contributed by atoms with Crippen molar-refractivity contribution in [1.82, 2.24) is 26.2 Å². The summed E-state index contributed by atoms with van der Waals surface area (Å²) >= 11 is 0. The molecule has 12 nitrogen and oxygen atoms in total. The van der Waals surface area contributed by atoms with Crippen molar-refractivity contribution in [3.8, 4) is 0 Å². The molecule has 1 aliphatic rings. The highest BCUT2D eigenvalue weighted by Crippen LogP contribution is 2.22. The average molecular weight is 720 g/mol. The number of piperidine rings is 1. The monoisotopic (exact) mass is 719 g/mol. The second kappa shape index (κ2) is 20.8. The SMILES string of the molecule is CC(=O)C1(N)CCN(C(=O)[C@@H](CCCCNC(C)C)NC(=O)[C@@H](CC(C)C)NC(=O)[C@@H](Cc2ccccc2)NC(=O)[C@H](N)Cc2ccccc2)CC1. The number of nitrogens with zero attached hydrogens (tertiary/aromatic N) is 1. The van der Waals surface area contributed by atoms with E-state index in [1.165, 1.54) is 6.92 Å². The van der Waals surface area contributed by atoms with Gasteiger partial charge in [0.2, 0.25) is 23.6 Å². The summed E-state index contributed by atoms with van der Waals surface area (Å²) in [6, 6.07) is 15.4. The number of carbonyl (C=O) groups is 5. The van der Waals surface area contributed by atoms with Gasteiger partial charge in [0.25, 0.3) is 0 Å². The highest BCUT2D eigenvalue weighted by molar-refractivity contribution is 5.95. The second-order valence-corrected chi connectivity index (χ2v) is 14.9. The Bertz CT molecular complexity index is 1440. The van der Waals surface area contributed by atoms with E-state index in [-0.39, 0.29) is 24.0 Å². The number of hydrogen-bond acceptors (Lipinski definition) is 8. The Morgan fingerprint density at radius 2 is 1.25 bits per heavy atom. The first-order chi connectivity index (χ1) is 24.7. The van der Waals surface area contributed by atoms with Gasteiger partial charge in [-0.2, -0.15) is 0 Å². The number of rotatable bonds is 20. The summed E-state index contributed by atoms with van der Waals surface area (Å²) in [5.41, 5.74) is 13.4. The number of benzene rings is 2. The number of unbranched alkanes of at least 4 members (excludes halogenated alkanes) is 1. The molecule has 1 fully saturated rings. The van der Waals surface area contributed by atoms with Gasteiger partial charge in [0.1, 0.15) is 23.9 Å². The van der Waals surface area contributed by atoms with Crippen LogP contribution in [0.1, 0.15) is 84.3 Å². The molecule has 8 N–H and O–H groups in total. The van der Waals surface area contributed by atoms with Gasteiger partial charge in [-0.3, -0.25) is 24.0 Å². The van der Waals surface area contributed by atoms with E-state index >= 15 is 0 Å². The first-order valence-corrected chi connectivity index (χ1v) is 18.7. The van der Waals surface area contributed by atoms with Crippen LogP contribution in [0.15, 0.2) is 60.7 Å². The van der Waals surface area contributed by atoms with Crippen molar-refractivity contribution in [2.75, 3.05) is 19.6 Å². The van der Waals surface area contributed by atoms with Crippen molar-refractivity contribution in [3.63, 3.8) is 0 Å². The number of amides is 4. The van der Waals surface area contributed by atoms with Crippen molar-refractivity contribution in [2.45, 2.75) is 122 Å². The molecular weight excluding hydrogens is 658 g/mol. The van der Waals surface area contributed by atoms with Crippen molar-refractivity contribution in [1.29, 1.82) is 0 Å². The molecule has 286 valence electrons. The molecule has 1 heterocycles. The predicted octanol–water partition coefficient (Wildman–Crippen LogP) is 2.38. The van der Waals surface area contributed by atoms with Crippen molar-refractivity contribution < 1.29 is 24.0 Å². The van der Waals surface area contributed by atoms with Crippen LogP contribution in [-0.2, 0) is 36.8 Å². The Kier molecular flexibility index (Phi) is 16.9. The Morgan fingerprint density at radius 3 is 1.79 bits per heavy atom. The van der Waals surface area contributed by atoms with Gasteiger partial charge < -0.3 is 37.6 Å². The molecular formula is C40H61N7O5. The third kappa shape index (κ3) is 13.8. The van der Waals surface area contributed by atoms with E-state index in [1.807, 2.05) is 74.5 Å². The fraction of sp³-hybridized carbons (Fsp3) is 0.575. The van der Waals surface area contributed by atoms with Crippen LogP contribution in [0.25, 0.3) is 0 Å². The normalized spacial score (nSPS) is 16.4. The van der Waals surface area contributed by atoms with Crippen LogP contribution in [0.3, 0.4) is 0 Å². The molecule has 2 aromatic carbocycles. The fourth-order valence-electron chi connectivity index (χ4n) is 6.37. The molecule has 0 bridgehead atoms. The van der Waals surface area contributed by atoms with E-state index in [1.54, 1.807) is 4.90 Å². The number of hydrogen-bond donors (Lipinski definition) is 6. The minimum atomic E-state index is -1.00. The van der Waals surface area contributed by atoms with Crippen LogP contribution < -0.4 is 32.7 Å². The van der Waals surface area contributed by atoms with Crippen LogP contribution in [0.2, 0.25) is 0 Å². The van der Waals surface area contributed by atoms with Crippen LogP contribution in [-0.4, -0.2) is 89.7 Å². The zero-order valence-electron chi connectivity index (χ0n) is 31.7. The molecule has 0 aromatic heterocycles. The third-order valence-corrected chi connectivity index (χ3v) is 9.65. The van der Waals surface area contributed by atoms with E-state index in [0.717, 1.165) is 24.1 Å². The zero-order valence-corrected chi connectivity index (χ0v) is 31.7. The average Bonchev–Trinajstić information content (AvgIpc) is 3.10. The van der Waals surface area contributed by atoms with Crippen molar-refractivity contribution in [3.05, 3.63) is 71.8 Å². The van der Waals surface area contributed by atoms with Crippen LogP contribution >= 0.6 is 0 Å². The zero-order chi connectivity index (χ0) is 38.3. The van der Waals surface area contributed by atoms with Crippen LogP contribution in [0.5, 0.6) is 0 Å². The lowest BCUT2D eigenvalue weighted by atomic mass is 9.85. The highest BCUT2D eigenvalue weighted by atomic mass is 16.2. The second-order valence-electron chi connectivity index (χ2n) is 14.9. The van der Waals surface area contributed by atoms with Gasteiger partial charge in [0.15, 0.2) is 0 Å². The van der Waals surface area contributed by atoms with Crippen molar-refractivity contribution >= 4 is 29.4 Å². The van der Waals surface area contributed by atoms with Gasteiger partial charge >= 0.3 is 0 Å². The van der Waals surface area contributed by atoms with Gasteiger partial charge in [0, 0.05) is 25.6 Å². The van der Waals surface area contributed by atoms with Crippen LogP contribution in [0.4, 0.5) is 0 Å². The highest BCUT2D eigenvalue weighted by Gasteiger charge is 2.38. The summed E-state index contributed by atoms with van der Waals surface area (Å²) in [7, 11) is 0. The summed E-state index contributed by atoms with van der Waals surface area (Å²) in [4.78, 5) is 69.0. The predicted molar refractivity (Wildman–Crippen MR) is 204 cm³/mol. The van der Waals surface area contributed by atoms with E-state index in [9.17, 15) is 24.0 Å². The largest absolute Gasteiger partial charge is 0.343 e. The number of likely N-dealkylation sites (tertiary alicyclic amines) is 1. The number of nitrogens with one attached hydrogen (secondary N) is 4. The smallest absolute Gasteiger partial charge is 0.245 e. The molecule has 4 atom stereocenters. The molecule has 0 spiro atoms. The molecule has 2 aromatic rings. The van der Waals surface area contributed by atoms with E-state index < -0.39 is 47.4 Å². The topological polar surface area (TPSA) is 189 Å². The minimum absolute atomic E-state index is 0.0279. The van der Waals surface area contributed by atoms with E-state index in [2.05, 4.69) is 35.1 Å². The Labute approximate surface area is 309 Å². The summed E-state index contributed by atoms with van der Waals surface area (Å²) in [6.45, 7) is 10.9. The minimum Gasteiger partial charge on any atom is -0.343 e. The maximum absolute atomic E-state index is 14.0. The lowest BCUT2D eigenvalue weighted by molar-refractivity contribution is -0.140. The molecule has 0 aliphatic carbocycles. The van der Waals surface area contributed by atoms with E-state index in [0.29, 0.717) is 57.7 Å². The summed E-state index contributed by atoms with van der Waals surface area (Å²) < 4.78 is 0. The molecule has 12 heteroatoms. The lowest BCUT2D eigenvalue weighted by Gasteiger charge is -2.39. The summed E-state index contributed by atoms with van der Waals surface area (Å²) in [5.74, 6) is -1.77. The lowest BCUT2D eigenvalue weighted by Crippen LogP contribution is -2.60. The van der Waals surface area contributed by atoms with Gasteiger partial charge in [-0.1, -0.05) is 88.4 Å². The first-order valence-electron chi connectivity index (χ1n) is 18.7. The van der Waals surface area contributed by atoms with Crippen LogP contribution in [0, 0.1) is 5.92 Å². The molecule has 52 heavy (non-hydrogen) atoms. The Morgan fingerprint density at radius 1 is 0.731 bits per heavy atom. The molecule has 0 saturated carbocycles. The van der Waals surface area contributed by atoms with Gasteiger partial charge in [-0.05, 0) is 75.5 Å². The fourth-order valence-corrected chi connectivity index (χ4v) is 6.37. The number of Topliss-reactive ketones (excluding diaryl/α,β-unsaturated/α-hetero) is 1. The molecule has 3 rings (SSSR count). The van der Waals surface area contributed by atoms with E-state index in [4.69, 9.17) is 11.5 Å². The number of nitrogens with two attached hydrogens (primary N) is 2. The molecule has 1 aliphatic heterocycles. The number of ketones is 1. The standard InChI is InChI=1S/C40H61N7O5/c1-27(2)24-34(37(50)44-33(18-12-13-21-43-28(3)4)39(52)47-22-19-40(42,20-23-47)29(5)48)46-38(51)35(26-31-16-10-7-11-17-31)45-36(49)32(41)25-30-14-8-6-9-15-30/h6-11,14-17,27-28,32-35,43H,12-13,18-26,41-42H2,1-5H3,(H,44,50)(H,45,49)(H,46,51)/t32-,33-,34-,35-/m1/s1. The van der Waals surface area contributed by atoms with Gasteiger partial charge in [-0.25, -0.2) is 0 Å². The quantitative estimate of drug-likeness (QED) is 0.113. The third-order valence-electron chi connectivity index (χ3n) is 9.65. The Hall–Kier alpha value is -4.13. The molecule has 4 amide bonds. The van der Waals surface area contributed by atoms with Crippen molar-refractivity contribution in [2.24, 2.45) is 17.4 Å². The van der Waals surface area contributed by atoms with Gasteiger partial charge in [-0.15, -0.1) is 0 Å². The molecule has 0 unspecified atom stereocenters. The Balaban J connectivity index is 1.77. The maximum Gasteiger partial charge on any atom is 0.245 e. The number of carbonyl (C=O) groups excluding carboxylic acids is 5. The molecule has 1 saturated heterocycles. The summed E-state index contributed by atoms with van der Waals surface area (Å²) in [6.07, 6.45) is 3.42. The summed E-state index contributed by atoms with van der Waals surface area (Å²) in [5, 5.41) is 12.1. The maximum atomic E-state index is 14.0.